The molecule has 2 saturated carbocycles. The number of unbranched alkanes of at least 4 members (excludes halogenated alkanes) is 2. The Morgan fingerprint density at radius 3 is 2.43 bits per heavy atom. The molecule has 3 aromatic rings. The van der Waals surface area contributed by atoms with E-state index in [9.17, 15) is 30.3 Å². The number of nitrogens with one attached hydrogen (secondary N) is 1. The first-order chi connectivity index (χ1) is 24.7. The Morgan fingerprint density at radius 2 is 1.73 bits per heavy atom. The van der Waals surface area contributed by atoms with Crippen LogP contribution in [-0.2, 0) is 16.9 Å². The Morgan fingerprint density at radius 1 is 0.980 bits per heavy atom. The number of carbonyl (C=O) groups excluding carboxylic acids is 1. The number of aromatic nitrogens is 1. The van der Waals surface area contributed by atoms with Gasteiger partial charge >= 0.3 is 0 Å². The van der Waals surface area contributed by atoms with Crippen molar-refractivity contribution in [3.8, 4) is 16.9 Å². The van der Waals surface area contributed by atoms with Crippen LogP contribution in [0.3, 0.4) is 0 Å². The average molecular weight is 724 g/mol. The maximum Gasteiger partial charge on any atom is 0.254 e. The van der Waals surface area contributed by atoms with Crippen molar-refractivity contribution in [1.29, 1.82) is 0 Å². The second-order valence-electron chi connectivity index (χ2n) is 13.7. The molecule has 1 heterocycles. The monoisotopic (exact) mass is 723 g/mol. The number of pyridine rings is 1. The lowest BCUT2D eigenvalue weighted by atomic mass is 9.94. The van der Waals surface area contributed by atoms with Crippen LogP contribution in [0.2, 0.25) is 0 Å². The Bertz CT molecular complexity index is 1570. The van der Waals surface area contributed by atoms with Crippen molar-refractivity contribution in [3.63, 3.8) is 0 Å². The van der Waals surface area contributed by atoms with Gasteiger partial charge in [0.15, 0.2) is 6.10 Å². The van der Waals surface area contributed by atoms with Gasteiger partial charge in [-0.2, -0.15) is 0 Å². The van der Waals surface area contributed by atoms with Gasteiger partial charge in [-0.1, -0.05) is 24.3 Å². The fourth-order valence-corrected chi connectivity index (χ4v) is 7.20. The highest BCUT2D eigenvalue weighted by molar-refractivity contribution is 7.99. The first-order valence-electron chi connectivity index (χ1n) is 18.1. The molecule has 1 aromatic heterocycles. The minimum Gasteiger partial charge on any atom is -0.490 e. The van der Waals surface area contributed by atoms with Crippen LogP contribution >= 0.6 is 11.8 Å². The lowest BCUT2D eigenvalue weighted by molar-refractivity contribution is -0.158. The van der Waals surface area contributed by atoms with E-state index in [1.807, 2.05) is 18.5 Å². The molecule has 7 N–H and O–H groups in total. The molecule has 0 aliphatic heterocycles. The number of para-hydroxylation sites is 1. The number of hydrogen-bond acceptors (Lipinski definition) is 11. The zero-order valence-electron chi connectivity index (χ0n) is 29.4. The number of aryl methyl sites for hydroxylation is 1. The van der Waals surface area contributed by atoms with Crippen LogP contribution < -0.4 is 10.1 Å². The largest absolute Gasteiger partial charge is 0.490 e. The Labute approximate surface area is 304 Å². The summed E-state index contributed by atoms with van der Waals surface area (Å²) in [7, 11) is 0. The minimum absolute atomic E-state index is 0.0326. The summed E-state index contributed by atoms with van der Waals surface area (Å²) >= 11 is 1.74. The first-order valence-corrected chi connectivity index (χ1v) is 19.1. The summed E-state index contributed by atoms with van der Waals surface area (Å²) in [4.78, 5) is 20.1. The van der Waals surface area contributed by atoms with E-state index in [1.54, 1.807) is 11.8 Å². The second-order valence-corrected chi connectivity index (χ2v) is 14.9. The maximum atomic E-state index is 13.0. The number of ether oxygens (including phenoxy) is 1. The molecule has 2 aromatic carbocycles. The van der Waals surface area contributed by atoms with Gasteiger partial charge in [-0.05, 0) is 111 Å². The summed E-state index contributed by atoms with van der Waals surface area (Å²) in [6, 6.07) is 16.9. The Hall–Kier alpha value is -3.07. The van der Waals surface area contributed by atoms with Gasteiger partial charge in [0, 0.05) is 54.6 Å². The number of hydrogen-bond donors (Lipinski definition) is 7. The number of aliphatic hydroxyl groups excluding tert-OH is 6. The smallest absolute Gasteiger partial charge is 0.254 e. The Balaban J connectivity index is 1.15. The van der Waals surface area contributed by atoms with Crippen molar-refractivity contribution >= 4 is 17.7 Å². The molecule has 0 saturated heterocycles. The topological polar surface area (TPSA) is 176 Å². The third-order valence-electron chi connectivity index (χ3n) is 9.77. The molecule has 4 atom stereocenters. The van der Waals surface area contributed by atoms with Crippen molar-refractivity contribution < 1.29 is 40.2 Å². The van der Waals surface area contributed by atoms with E-state index in [4.69, 9.17) is 9.84 Å². The molecule has 2 aliphatic carbocycles. The van der Waals surface area contributed by atoms with Crippen LogP contribution in [0.1, 0.15) is 68.1 Å². The zero-order valence-corrected chi connectivity index (χ0v) is 30.2. The van der Waals surface area contributed by atoms with Crippen LogP contribution in [0, 0.1) is 6.92 Å². The number of benzene rings is 2. The molecule has 278 valence electrons. The minimum atomic E-state index is -1.96. The molecular weight excluding hydrogens is 671 g/mol. The quantitative estimate of drug-likeness (QED) is 0.0599. The van der Waals surface area contributed by atoms with E-state index in [0.29, 0.717) is 31.9 Å². The SMILES string of the molecule is Cc1ccc(SCCCCN(CCCCO)C(=O)[C@@H](O)[C@@H](O)[C@H](O)[C@@H](O)CO)cc1CNC1(c2cnccc2-c2ccccc2OC2CC2)CC1. The van der Waals surface area contributed by atoms with Gasteiger partial charge in [-0.25, -0.2) is 0 Å². The molecule has 1 amide bonds. The van der Waals surface area contributed by atoms with Crippen LogP contribution in [0.5, 0.6) is 5.75 Å². The molecule has 0 unspecified atom stereocenters. The van der Waals surface area contributed by atoms with Crippen molar-refractivity contribution in [3.05, 3.63) is 77.6 Å². The maximum absolute atomic E-state index is 13.0. The van der Waals surface area contributed by atoms with Gasteiger partial charge < -0.3 is 45.6 Å². The average Bonchev–Trinajstić information content (AvgIpc) is 4.10. The first kappa shape index (κ1) is 39.1. The van der Waals surface area contributed by atoms with Gasteiger partial charge in [0.1, 0.15) is 24.1 Å². The molecule has 5 rings (SSSR count). The number of rotatable bonds is 22. The van der Waals surface area contributed by atoms with Crippen LogP contribution in [0.15, 0.2) is 65.8 Å². The van der Waals surface area contributed by atoms with Crippen LogP contribution in [0.25, 0.3) is 11.1 Å². The van der Waals surface area contributed by atoms with Gasteiger partial charge in [0.2, 0.25) is 0 Å². The lowest BCUT2D eigenvalue weighted by Gasteiger charge is -2.30. The fourth-order valence-electron chi connectivity index (χ4n) is 6.22. The molecule has 51 heavy (non-hydrogen) atoms. The standard InChI is InChI=1S/C39H53N3O8S/c1-26-10-13-29(51-21-7-5-19-42(18-4-6-20-43)38(49)37(48)36(47)35(46)33(45)25-44)22-27(26)23-41-39(15-16-39)32-24-40-17-14-30(32)31-8-2-3-9-34(31)50-28-11-12-28/h2-3,8-10,13-14,17,22,24,28,33,35-37,41,43-48H,4-7,11-12,15-16,18-21,23,25H2,1H3/t33-,35+,36-,37-/m0/s1. The Kier molecular flexibility index (Phi) is 14.3. The molecule has 2 fully saturated rings. The summed E-state index contributed by atoms with van der Waals surface area (Å²) in [6.07, 6.45) is 3.38. The molecule has 2 aliphatic rings. The van der Waals surface area contributed by atoms with Crippen molar-refractivity contribution in [1.82, 2.24) is 15.2 Å². The van der Waals surface area contributed by atoms with Gasteiger partial charge in [-0.3, -0.25) is 9.78 Å². The normalized spacial score (nSPS) is 17.4. The lowest BCUT2D eigenvalue weighted by Crippen LogP contribution is -2.53. The molecule has 0 radical (unpaired) electrons. The highest BCUT2D eigenvalue weighted by atomic mass is 32.2. The third-order valence-corrected chi connectivity index (χ3v) is 10.8. The van der Waals surface area contributed by atoms with E-state index in [-0.39, 0.29) is 18.7 Å². The summed E-state index contributed by atoms with van der Waals surface area (Å²) in [6.45, 7) is 2.59. The molecule has 0 bridgehead atoms. The molecular formula is C39H53N3O8S. The number of nitrogens with zero attached hydrogens (tertiary/aromatic N) is 2. The number of aliphatic hydroxyl groups is 6. The highest BCUT2D eigenvalue weighted by Gasteiger charge is 2.46. The van der Waals surface area contributed by atoms with Gasteiger partial charge in [-0.15, -0.1) is 11.8 Å². The van der Waals surface area contributed by atoms with Gasteiger partial charge in [0.25, 0.3) is 5.91 Å². The second kappa shape index (κ2) is 18.6. The third kappa shape index (κ3) is 10.5. The fraction of sp³-hybridized carbons (Fsp3) is 0.538. The van der Waals surface area contributed by atoms with Crippen molar-refractivity contribution in [2.24, 2.45) is 0 Å². The van der Waals surface area contributed by atoms with E-state index in [0.717, 1.165) is 66.2 Å². The predicted octanol–water partition coefficient (Wildman–Crippen LogP) is 3.29. The van der Waals surface area contributed by atoms with E-state index >= 15 is 0 Å². The highest BCUT2D eigenvalue weighted by Crippen LogP contribution is 2.50. The zero-order chi connectivity index (χ0) is 36.4. The van der Waals surface area contributed by atoms with Crippen molar-refractivity contribution in [2.75, 3.05) is 32.1 Å². The van der Waals surface area contributed by atoms with E-state index < -0.39 is 36.9 Å². The molecule has 11 nitrogen and oxygen atoms in total. The van der Waals surface area contributed by atoms with Crippen LogP contribution in [-0.4, -0.2) is 109 Å². The number of carbonyl (C=O) groups is 1. The summed E-state index contributed by atoms with van der Waals surface area (Å²) in [5.74, 6) is 0.971. The van der Waals surface area contributed by atoms with Crippen molar-refractivity contribution in [2.45, 2.75) is 106 Å². The van der Waals surface area contributed by atoms with E-state index in [2.05, 4.69) is 59.7 Å². The number of amides is 1. The van der Waals surface area contributed by atoms with Crippen LogP contribution in [0.4, 0.5) is 0 Å². The number of thioether (sulfide) groups is 1. The van der Waals surface area contributed by atoms with E-state index in [1.165, 1.54) is 21.6 Å². The van der Waals surface area contributed by atoms with Gasteiger partial charge in [0.05, 0.1) is 12.7 Å². The predicted molar refractivity (Wildman–Crippen MR) is 196 cm³/mol. The summed E-state index contributed by atoms with van der Waals surface area (Å²) in [5, 5.41) is 62.4. The summed E-state index contributed by atoms with van der Waals surface area (Å²) in [5.41, 5.74) is 5.76. The molecule has 0 spiro atoms. The molecule has 12 heteroatoms. The summed E-state index contributed by atoms with van der Waals surface area (Å²) < 4.78 is 6.27.